The average molecular weight is 400 g/mol. The predicted molar refractivity (Wildman–Crippen MR) is 94.2 cm³/mol. The van der Waals surface area contributed by atoms with Crippen LogP contribution >= 0.6 is 7.82 Å². The van der Waals surface area contributed by atoms with E-state index in [9.17, 15) is 4.57 Å². The highest BCUT2D eigenvalue weighted by Crippen LogP contribution is 2.59. The molecule has 4 rings (SSSR count). The molecular weight excluding hydrogens is 375 g/mol. The first-order valence-electron chi connectivity index (χ1n) is 9.09. The smallest absolute Gasteiger partial charge is 0.404 e. The Balaban J connectivity index is 1.57. The number of ether oxygens (including phenoxy) is 4. The molecule has 1 aromatic rings. The third kappa shape index (κ3) is 4.07. The fourth-order valence-corrected chi connectivity index (χ4v) is 4.96. The molecule has 0 spiro atoms. The second-order valence-corrected chi connectivity index (χ2v) is 9.02. The van der Waals surface area contributed by atoms with Crippen molar-refractivity contribution in [2.45, 2.75) is 70.3 Å². The van der Waals surface area contributed by atoms with Gasteiger partial charge in [-0.15, -0.1) is 0 Å². The van der Waals surface area contributed by atoms with Gasteiger partial charge in [-0.1, -0.05) is 18.2 Å². The summed E-state index contributed by atoms with van der Waals surface area (Å²) in [6, 6.07) is 8.76. The number of hydrogen-bond donors (Lipinski definition) is 0. The third-order valence-electron chi connectivity index (χ3n) is 4.46. The first-order chi connectivity index (χ1) is 12.7. The van der Waals surface area contributed by atoms with Gasteiger partial charge in [0.15, 0.2) is 12.1 Å². The van der Waals surface area contributed by atoms with Crippen molar-refractivity contribution in [1.82, 2.24) is 0 Å². The zero-order chi connectivity index (χ0) is 19.2. The summed E-state index contributed by atoms with van der Waals surface area (Å²) in [5.74, 6) is -0.418. The maximum absolute atomic E-state index is 13.3. The molecule has 1 unspecified atom stereocenters. The Bertz CT molecular complexity index is 709. The second-order valence-electron chi connectivity index (χ2n) is 7.52. The minimum Gasteiger partial charge on any atom is -0.404 e. The molecule has 0 bridgehead atoms. The highest BCUT2D eigenvalue weighted by atomic mass is 31.2. The molecule has 8 nitrogen and oxygen atoms in total. The molecule has 3 fully saturated rings. The number of hydrogen-bond acceptors (Lipinski definition) is 8. The summed E-state index contributed by atoms with van der Waals surface area (Å²) in [6.45, 7) is 7.60. The summed E-state index contributed by atoms with van der Waals surface area (Å²) in [5.41, 5.74) is 0. The average Bonchev–Trinajstić information content (AvgIpc) is 3.05. The zero-order valence-electron chi connectivity index (χ0n) is 15.8. The van der Waals surface area contributed by atoms with Crippen LogP contribution in [0.4, 0.5) is 0 Å². The van der Waals surface area contributed by atoms with Crippen LogP contribution < -0.4 is 4.52 Å². The Labute approximate surface area is 158 Å². The highest BCUT2D eigenvalue weighted by molar-refractivity contribution is 7.49. The molecule has 3 heterocycles. The summed E-state index contributed by atoms with van der Waals surface area (Å²) < 4.78 is 53.7. The maximum atomic E-state index is 13.3. The first kappa shape index (κ1) is 19.3. The van der Waals surface area contributed by atoms with E-state index in [0.717, 1.165) is 0 Å². The van der Waals surface area contributed by atoms with Gasteiger partial charge in [0, 0.05) is 0 Å². The van der Waals surface area contributed by atoms with E-state index in [-0.39, 0.29) is 12.7 Å². The number of fused-ring (bicyclic) bond motifs is 3. The van der Waals surface area contributed by atoms with Gasteiger partial charge in [0.25, 0.3) is 0 Å². The van der Waals surface area contributed by atoms with E-state index in [1.54, 1.807) is 38.1 Å². The standard InChI is InChI=1S/C18H25O8P/c1-11(2)20-10-13-14-15(16-17(21-14)23-18(3,4)22-16)26-27(19,25-13)24-12-8-6-5-7-9-12/h5-9,11,13-17H,10H2,1-4H3/t13-,14-,15+,16-,17-,27?/m1/s1. The van der Waals surface area contributed by atoms with Crippen LogP contribution in [0, 0.1) is 0 Å². The van der Waals surface area contributed by atoms with Gasteiger partial charge in [-0.2, -0.15) is 0 Å². The number of phosphoric ester groups is 1. The molecule has 9 heteroatoms. The van der Waals surface area contributed by atoms with Crippen molar-refractivity contribution in [3.63, 3.8) is 0 Å². The van der Waals surface area contributed by atoms with Crippen LogP contribution in [0.25, 0.3) is 0 Å². The number of para-hydroxylation sites is 1. The predicted octanol–water partition coefficient (Wildman–Crippen LogP) is 3.26. The lowest BCUT2D eigenvalue weighted by atomic mass is 10.1. The Kier molecular flexibility index (Phi) is 5.10. The largest absolute Gasteiger partial charge is 0.530 e. The van der Waals surface area contributed by atoms with Crippen molar-refractivity contribution in [2.75, 3.05) is 6.61 Å². The van der Waals surface area contributed by atoms with Crippen molar-refractivity contribution in [2.24, 2.45) is 0 Å². The second kappa shape index (κ2) is 7.12. The van der Waals surface area contributed by atoms with Crippen LogP contribution in [-0.2, 0) is 32.6 Å². The van der Waals surface area contributed by atoms with Gasteiger partial charge < -0.3 is 23.5 Å². The Hall–Kier alpha value is -0.990. The summed E-state index contributed by atoms with van der Waals surface area (Å²) >= 11 is 0. The van der Waals surface area contributed by atoms with E-state index in [0.29, 0.717) is 5.75 Å². The van der Waals surface area contributed by atoms with Gasteiger partial charge in [-0.25, -0.2) is 4.57 Å². The topological polar surface area (TPSA) is 81.7 Å². The Morgan fingerprint density at radius 2 is 1.81 bits per heavy atom. The molecule has 3 aliphatic rings. The lowest BCUT2D eigenvalue weighted by molar-refractivity contribution is -0.234. The fraction of sp³-hybridized carbons (Fsp3) is 0.667. The molecule has 0 amide bonds. The Morgan fingerprint density at radius 1 is 1.07 bits per heavy atom. The van der Waals surface area contributed by atoms with Gasteiger partial charge in [0.05, 0.1) is 12.7 Å². The van der Waals surface area contributed by atoms with Crippen molar-refractivity contribution in [3.05, 3.63) is 30.3 Å². The third-order valence-corrected chi connectivity index (χ3v) is 5.93. The molecule has 0 aliphatic carbocycles. The number of rotatable bonds is 5. The Morgan fingerprint density at radius 3 is 2.52 bits per heavy atom. The van der Waals surface area contributed by atoms with Gasteiger partial charge in [0.2, 0.25) is 0 Å². The van der Waals surface area contributed by atoms with Crippen molar-refractivity contribution < 1.29 is 37.1 Å². The minimum absolute atomic E-state index is 0.0170. The van der Waals surface area contributed by atoms with Crippen LogP contribution in [0.2, 0.25) is 0 Å². The monoisotopic (exact) mass is 400 g/mol. The van der Waals surface area contributed by atoms with Gasteiger partial charge in [-0.3, -0.25) is 9.05 Å². The number of phosphoric acid groups is 1. The molecule has 1 aromatic carbocycles. The van der Waals surface area contributed by atoms with Crippen LogP contribution in [0.15, 0.2) is 30.3 Å². The molecule has 0 radical (unpaired) electrons. The molecule has 0 saturated carbocycles. The van der Waals surface area contributed by atoms with Gasteiger partial charge >= 0.3 is 7.82 Å². The number of benzene rings is 1. The van der Waals surface area contributed by atoms with Crippen LogP contribution in [0.5, 0.6) is 5.75 Å². The van der Waals surface area contributed by atoms with Gasteiger partial charge in [-0.05, 0) is 39.8 Å². The molecule has 3 saturated heterocycles. The summed E-state index contributed by atoms with van der Waals surface area (Å²) in [5, 5.41) is 0. The van der Waals surface area contributed by atoms with Gasteiger partial charge in [0.1, 0.15) is 30.2 Å². The van der Waals surface area contributed by atoms with Crippen LogP contribution in [0.1, 0.15) is 27.7 Å². The maximum Gasteiger partial charge on any atom is 0.530 e. The molecule has 3 aliphatic heterocycles. The van der Waals surface area contributed by atoms with Crippen LogP contribution in [-0.4, -0.2) is 49.2 Å². The first-order valence-corrected chi connectivity index (χ1v) is 10.5. The molecular formula is C18H25O8P. The lowest BCUT2D eigenvalue weighted by Gasteiger charge is -2.37. The summed E-state index contributed by atoms with van der Waals surface area (Å²) in [4.78, 5) is 0. The highest BCUT2D eigenvalue weighted by Gasteiger charge is 2.63. The molecule has 27 heavy (non-hydrogen) atoms. The van der Waals surface area contributed by atoms with E-state index in [2.05, 4.69) is 0 Å². The molecule has 150 valence electrons. The van der Waals surface area contributed by atoms with E-state index < -0.39 is 44.3 Å². The van der Waals surface area contributed by atoms with E-state index in [4.69, 9.17) is 32.5 Å². The summed E-state index contributed by atoms with van der Waals surface area (Å²) in [7, 11) is -3.91. The van der Waals surface area contributed by atoms with Crippen LogP contribution in [0.3, 0.4) is 0 Å². The van der Waals surface area contributed by atoms with E-state index in [1.165, 1.54) is 0 Å². The van der Waals surface area contributed by atoms with Crippen molar-refractivity contribution in [1.29, 1.82) is 0 Å². The van der Waals surface area contributed by atoms with E-state index >= 15 is 0 Å². The molecule has 6 atom stereocenters. The SMILES string of the molecule is CC(C)OC[C@H]1OP(=O)(Oc2ccccc2)O[C@@H]2[C@H]3OC(C)(C)O[C@H]3O[C@@H]21. The zero-order valence-corrected chi connectivity index (χ0v) is 16.7. The van der Waals surface area contributed by atoms with Crippen molar-refractivity contribution in [3.8, 4) is 5.75 Å². The normalized spacial score (nSPS) is 40.0. The van der Waals surface area contributed by atoms with E-state index in [1.807, 2.05) is 19.9 Å². The minimum atomic E-state index is -3.91. The summed E-state index contributed by atoms with van der Waals surface area (Å²) in [6.07, 6.45) is -2.98. The van der Waals surface area contributed by atoms with Crippen molar-refractivity contribution >= 4 is 7.82 Å². The lowest BCUT2D eigenvalue weighted by Crippen LogP contribution is -2.49. The quantitative estimate of drug-likeness (QED) is 0.697. The molecule has 0 N–H and O–H groups in total. The molecule has 0 aromatic heterocycles. The fourth-order valence-electron chi connectivity index (χ4n) is 3.39.